The molecule has 0 fully saturated rings. The van der Waals surface area contributed by atoms with Crippen molar-refractivity contribution in [2.75, 3.05) is 7.11 Å². The fourth-order valence-electron chi connectivity index (χ4n) is 0. The molecule has 0 unspecified atom stereocenters. The minimum Gasteiger partial charge on any atom is -0.198 e. The highest BCUT2D eigenvalue weighted by molar-refractivity contribution is 5.75. The Bertz CT molecular complexity index is 8.00. The molecule has 0 aromatic rings. The standard InChI is InChI=1S/CH3FO.Mg/c1-3-2;/h1H3;. The van der Waals surface area contributed by atoms with Gasteiger partial charge in [0.25, 0.3) is 0 Å². The second-order valence-electron chi connectivity index (χ2n) is 0.154. The van der Waals surface area contributed by atoms with Gasteiger partial charge in [-0.2, -0.15) is 4.94 Å². The van der Waals surface area contributed by atoms with E-state index in [0.29, 0.717) is 0 Å². The van der Waals surface area contributed by atoms with E-state index >= 15 is 0 Å². The summed E-state index contributed by atoms with van der Waals surface area (Å²) in [5.74, 6) is 0. The summed E-state index contributed by atoms with van der Waals surface area (Å²) >= 11 is 0. The zero-order valence-corrected chi connectivity index (χ0v) is 3.91. The van der Waals surface area contributed by atoms with E-state index in [9.17, 15) is 4.53 Å². The highest BCUT2D eigenvalue weighted by atomic mass is 24.3. The Hall–Kier alpha value is 0.656. The van der Waals surface area contributed by atoms with Gasteiger partial charge in [0, 0.05) is 23.1 Å². The minimum absolute atomic E-state index is 0. The van der Waals surface area contributed by atoms with E-state index in [2.05, 4.69) is 4.94 Å². The third-order valence-corrected chi connectivity index (χ3v) is 0. The molecule has 0 saturated heterocycles. The smallest absolute Gasteiger partial charge is 0.0766 e. The molecule has 0 rings (SSSR count). The Morgan fingerprint density at radius 2 is 1.75 bits per heavy atom. The van der Waals surface area contributed by atoms with Gasteiger partial charge >= 0.3 is 0 Å². The molecule has 0 aromatic heterocycles. The molecule has 2 radical (unpaired) electrons. The molecule has 0 aliphatic heterocycles. The van der Waals surface area contributed by atoms with Crippen LogP contribution >= 0.6 is 0 Å². The molecule has 0 spiro atoms. The highest BCUT2D eigenvalue weighted by Crippen LogP contribution is 1.48. The van der Waals surface area contributed by atoms with Crippen LogP contribution in [0.2, 0.25) is 0 Å². The van der Waals surface area contributed by atoms with Crippen molar-refractivity contribution in [3.63, 3.8) is 0 Å². The fourth-order valence-corrected chi connectivity index (χ4v) is 0. The summed E-state index contributed by atoms with van der Waals surface area (Å²) in [5.41, 5.74) is 0. The van der Waals surface area contributed by atoms with Gasteiger partial charge in [0.15, 0.2) is 0 Å². The predicted octanol–water partition coefficient (Wildman–Crippen LogP) is 0.137. The third kappa shape index (κ3) is 16.9. The molecule has 0 aromatic carbocycles. The van der Waals surface area contributed by atoms with Gasteiger partial charge in [0.2, 0.25) is 0 Å². The second kappa shape index (κ2) is 9.40. The van der Waals surface area contributed by atoms with Crippen molar-refractivity contribution in [3.05, 3.63) is 0 Å². The normalized spacial score (nSPS) is 4.50. The van der Waals surface area contributed by atoms with E-state index in [1.54, 1.807) is 0 Å². The molecule has 0 heterocycles. The van der Waals surface area contributed by atoms with Crippen molar-refractivity contribution in [2.45, 2.75) is 0 Å². The van der Waals surface area contributed by atoms with Crippen molar-refractivity contribution in [2.24, 2.45) is 0 Å². The Morgan fingerprint density at radius 3 is 1.75 bits per heavy atom. The van der Waals surface area contributed by atoms with Crippen LogP contribution in [-0.4, -0.2) is 30.2 Å². The summed E-state index contributed by atoms with van der Waals surface area (Å²) in [4.78, 5) is 2.75. The maximum atomic E-state index is 9.79. The van der Waals surface area contributed by atoms with E-state index < -0.39 is 0 Å². The first-order valence-electron chi connectivity index (χ1n) is 0.563. The van der Waals surface area contributed by atoms with Crippen LogP contribution in [0.3, 0.4) is 0 Å². The van der Waals surface area contributed by atoms with Gasteiger partial charge in [-0.3, -0.25) is 0 Å². The molecule has 0 saturated carbocycles. The van der Waals surface area contributed by atoms with E-state index in [1.165, 1.54) is 0 Å². The van der Waals surface area contributed by atoms with E-state index in [4.69, 9.17) is 0 Å². The summed E-state index contributed by atoms with van der Waals surface area (Å²) < 4.78 is 9.79. The lowest BCUT2D eigenvalue weighted by atomic mass is 11.8. The van der Waals surface area contributed by atoms with E-state index in [1.807, 2.05) is 0 Å². The van der Waals surface area contributed by atoms with Gasteiger partial charge in [-0.15, -0.1) is 0 Å². The second-order valence-corrected chi connectivity index (χ2v) is 0.154. The molecule has 3 heteroatoms. The maximum absolute atomic E-state index is 9.79. The van der Waals surface area contributed by atoms with E-state index in [-0.39, 0.29) is 23.1 Å². The molecule has 0 bridgehead atoms. The predicted molar refractivity (Wildman–Crippen MR) is 13.9 cm³/mol. The van der Waals surface area contributed by atoms with Gasteiger partial charge in [0.1, 0.15) is 0 Å². The van der Waals surface area contributed by atoms with Crippen LogP contribution in [0.1, 0.15) is 0 Å². The zero-order chi connectivity index (χ0) is 2.71. The van der Waals surface area contributed by atoms with Crippen LogP contribution in [-0.2, 0) is 4.94 Å². The molecule has 0 N–H and O–H groups in total. The Balaban J connectivity index is 0. The Labute approximate surface area is 40.2 Å². The van der Waals surface area contributed by atoms with Gasteiger partial charge in [-0.25, -0.2) is 0 Å². The average molecular weight is 74.3 g/mol. The van der Waals surface area contributed by atoms with Gasteiger partial charge in [0.05, 0.1) is 7.11 Å². The van der Waals surface area contributed by atoms with Crippen molar-refractivity contribution in [1.82, 2.24) is 0 Å². The molecule has 0 atom stereocenters. The largest absolute Gasteiger partial charge is 0.198 e. The van der Waals surface area contributed by atoms with Crippen molar-refractivity contribution in [3.8, 4) is 0 Å². The summed E-state index contributed by atoms with van der Waals surface area (Å²) in [5, 5.41) is 0. The number of halogens is 1. The average Bonchev–Trinajstić information content (AvgIpc) is 0.918. The zero-order valence-electron chi connectivity index (χ0n) is 2.49. The van der Waals surface area contributed by atoms with Crippen LogP contribution < -0.4 is 0 Å². The monoisotopic (exact) mass is 74.0 g/mol. The van der Waals surface area contributed by atoms with Crippen LogP contribution in [0.5, 0.6) is 0 Å². The van der Waals surface area contributed by atoms with Crippen LogP contribution in [0.25, 0.3) is 0 Å². The molecule has 22 valence electrons. The van der Waals surface area contributed by atoms with Gasteiger partial charge in [-0.1, -0.05) is 0 Å². The summed E-state index contributed by atoms with van der Waals surface area (Å²) in [6, 6.07) is 0. The number of hydrogen-bond donors (Lipinski definition) is 0. The summed E-state index contributed by atoms with van der Waals surface area (Å²) in [6.07, 6.45) is 0. The SMILES string of the molecule is COF.[Mg]. The first kappa shape index (κ1) is 8.82. The molecule has 0 aliphatic rings. The van der Waals surface area contributed by atoms with Crippen molar-refractivity contribution in [1.29, 1.82) is 0 Å². The van der Waals surface area contributed by atoms with Gasteiger partial charge in [-0.05, 0) is 4.53 Å². The quantitative estimate of drug-likeness (QED) is 0.371. The Morgan fingerprint density at radius 1 is 1.75 bits per heavy atom. The number of hydrogen-bond acceptors (Lipinski definition) is 1. The minimum atomic E-state index is 0. The maximum Gasteiger partial charge on any atom is 0.0766 e. The Kier molecular flexibility index (Phi) is 20.7. The number of rotatable bonds is 0. The highest BCUT2D eigenvalue weighted by Gasteiger charge is 1.33. The summed E-state index contributed by atoms with van der Waals surface area (Å²) in [7, 11) is 0.958. The first-order chi connectivity index (χ1) is 1.41. The molecular formula is CH3FMgO. The lowest BCUT2D eigenvalue weighted by molar-refractivity contribution is -0.0960. The van der Waals surface area contributed by atoms with Crippen LogP contribution in [0, 0.1) is 0 Å². The van der Waals surface area contributed by atoms with Crippen molar-refractivity contribution >= 4 is 23.1 Å². The van der Waals surface area contributed by atoms with Crippen LogP contribution in [0.15, 0.2) is 0 Å². The molecule has 0 aliphatic carbocycles. The molecular weight excluding hydrogens is 71.3 g/mol. The first-order valence-corrected chi connectivity index (χ1v) is 0.563. The van der Waals surface area contributed by atoms with Gasteiger partial charge < -0.3 is 0 Å². The van der Waals surface area contributed by atoms with Crippen LogP contribution in [0.4, 0.5) is 4.53 Å². The lowest BCUT2D eigenvalue weighted by Crippen LogP contribution is -1.43. The van der Waals surface area contributed by atoms with E-state index in [0.717, 1.165) is 7.11 Å². The molecule has 0 amide bonds. The van der Waals surface area contributed by atoms with Crippen molar-refractivity contribution < 1.29 is 9.47 Å². The third-order valence-electron chi connectivity index (χ3n) is 0. The fraction of sp³-hybridized carbons (Fsp3) is 1.00. The summed E-state index contributed by atoms with van der Waals surface area (Å²) in [6.45, 7) is 0. The topological polar surface area (TPSA) is 9.23 Å². The molecule has 1 nitrogen and oxygen atoms in total. The lowest BCUT2D eigenvalue weighted by Gasteiger charge is -1.51. The molecule has 4 heavy (non-hydrogen) atoms.